The van der Waals surface area contributed by atoms with Gasteiger partial charge in [-0.15, -0.1) is 0 Å². The number of halogens is 1. The lowest BCUT2D eigenvalue weighted by molar-refractivity contribution is 0.0946. The van der Waals surface area contributed by atoms with E-state index in [2.05, 4.69) is 5.32 Å². The van der Waals surface area contributed by atoms with Gasteiger partial charge in [0.2, 0.25) is 16.8 Å². The van der Waals surface area contributed by atoms with Gasteiger partial charge in [0, 0.05) is 19.6 Å². The van der Waals surface area contributed by atoms with Crippen molar-refractivity contribution in [2.75, 3.05) is 19.9 Å². The molecule has 0 aromatic heterocycles. The Balaban J connectivity index is 1.51. The molecule has 31 heavy (non-hydrogen) atoms. The van der Waals surface area contributed by atoms with Gasteiger partial charge in [0.1, 0.15) is 5.82 Å². The number of ether oxygens (including phenoxy) is 2. The summed E-state index contributed by atoms with van der Waals surface area (Å²) < 4.78 is 52.6. The van der Waals surface area contributed by atoms with Gasteiger partial charge in [0.25, 0.3) is 5.91 Å². The maximum Gasteiger partial charge on any atom is 0.254 e. The molecule has 4 rings (SSSR count). The summed E-state index contributed by atoms with van der Waals surface area (Å²) in [7, 11) is -3.82. The van der Waals surface area contributed by atoms with Gasteiger partial charge in [0.15, 0.2) is 11.5 Å². The lowest BCUT2D eigenvalue weighted by Gasteiger charge is -2.34. The lowest BCUT2D eigenvalue weighted by Crippen LogP contribution is -2.42. The van der Waals surface area contributed by atoms with E-state index in [1.54, 1.807) is 18.2 Å². The Morgan fingerprint density at radius 2 is 1.81 bits per heavy atom. The molecule has 7 nitrogen and oxygen atoms in total. The fourth-order valence-electron chi connectivity index (χ4n) is 4.12. The zero-order valence-corrected chi connectivity index (χ0v) is 18.2. The fraction of sp³-hybridized carbons (Fsp3) is 0.409. The maximum atomic E-state index is 14.4. The summed E-state index contributed by atoms with van der Waals surface area (Å²) in [5, 5.41) is 2.64. The molecule has 2 aromatic carbocycles. The Kier molecular flexibility index (Phi) is 5.90. The van der Waals surface area contributed by atoms with Crippen LogP contribution >= 0.6 is 0 Å². The van der Waals surface area contributed by atoms with Crippen molar-refractivity contribution in [1.29, 1.82) is 0 Å². The van der Waals surface area contributed by atoms with Crippen molar-refractivity contribution in [3.63, 3.8) is 0 Å². The Hall–Kier alpha value is -2.65. The molecule has 0 saturated carbocycles. The van der Waals surface area contributed by atoms with E-state index in [-0.39, 0.29) is 35.6 Å². The molecule has 2 atom stereocenters. The van der Waals surface area contributed by atoms with Gasteiger partial charge >= 0.3 is 0 Å². The second-order valence-electron chi connectivity index (χ2n) is 8.28. The van der Waals surface area contributed by atoms with E-state index >= 15 is 0 Å². The van der Waals surface area contributed by atoms with Gasteiger partial charge in [0.05, 0.1) is 10.5 Å². The molecule has 2 unspecified atom stereocenters. The van der Waals surface area contributed by atoms with Gasteiger partial charge in [-0.3, -0.25) is 4.79 Å². The smallest absolute Gasteiger partial charge is 0.254 e. The number of hydrogen-bond acceptors (Lipinski definition) is 5. The van der Waals surface area contributed by atoms with Gasteiger partial charge in [-0.2, -0.15) is 4.31 Å². The standard InChI is InChI=1S/C22H25FN2O5S/c1-14-7-15(2)12-25(11-14)31(27,28)17-4-5-19(23)18(9-17)22(26)24-10-16-3-6-20-21(8-16)30-13-29-20/h3-6,8-9,14-15H,7,10-13H2,1-2H3,(H,24,26). The van der Waals surface area contributed by atoms with Crippen molar-refractivity contribution >= 4 is 15.9 Å². The van der Waals surface area contributed by atoms with Crippen LogP contribution in [0.2, 0.25) is 0 Å². The summed E-state index contributed by atoms with van der Waals surface area (Å²) >= 11 is 0. The van der Waals surface area contributed by atoms with Crippen LogP contribution in [-0.2, 0) is 16.6 Å². The maximum absolute atomic E-state index is 14.4. The molecule has 1 fully saturated rings. The number of piperidine rings is 1. The van der Waals surface area contributed by atoms with Gasteiger partial charge in [-0.05, 0) is 54.2 Å². The number of benzene rings is 2. The highest BCUT2D eigenvalue weighted by molar-refractivity contribution is 7.89. The van der Waals surface area contributed by atoms with Crippen LogP contribution in [0.25, 0.3) is 0 Å². The van der Waals surface area contributed by atoms with Gasteiger partial charge in [-0.1, -0.05) is 19.9 Å². The molecule has 0 spiro atoms. The molecular formula is C22H25FN2O5S. The third-order valence-electron chi connectivity index (χ3n) is 5.55. The Morgan fingerprint density at radius 1 is 1.10 bits per heavy atom. The van der Waals surface area contributed by atoms with Crippen molar-refractivity contribution in [2.45, 2.75) is 31.7 Å². The topological polar surface area (TPSA) is 84.9 Å². The lowest BCUT2D eigenvalue weighted by atomic mass is 9.94. The second-order valence-corrected chi connectivity index (χ2v) is 10.2. The molecule has 9 heteroatoms. The number of fused-ring (bicyclic) bond motifs is 1. The zero-order valence-electron chi connectivity index (χ0n) is 17.4. The summed E-state index contributed by atoms with van der Waals surface area (Å²) in [5.41, 5.74) is 0.443. The molecule has 2 aromatic rings. The number of carbonyl (C=O) groups is 1. The first-order valence-corrected chi connectivity index (χ1v) is 11.6. The largest absolute Gasteiger partial charge is 0.454 e. The van der Waals surface area contributed by atoms with Gasteiger partial charge in [-0.25, -0.2) is 12.8 Å². The van der Waals surface area contributed by atoms with Gasteiger partial charge < -0.3 is 14.8 Å². The number of nitrogens with one attached hydrogen (secondary N) is 1. The molecule has 1 N–H and O–H groups in total. The van der Waals surface area contributed by atoms with Crippen molar-refractivity contribution in [2.24, 2.45) is 11.8 Å². The SMILES string of the molecule is CC1CC(C)CN(S(=O)(=O)c2ccc(F)c(C(=O)NCc3ccc4c(c3)OCO4)c2)C1. The number of carbonyl (C=O) groups excluding carboxylic acids is 1. The molecule has 0 bridgehead atoms. The molecule has 0 aliphatic carbocycles. The molecule has 2 aliphatic rings. The predicted octanol–water partition coefficient (Wildman–Crippen LogP) is 3.15. The van der Waals surface area contributed by atoms with Crippen LogP contribution in [0.15, 0.2) is 41.3 Å². The molecule has 2 aliphatic heterocycles. The first kappa shape index (κ1) is 21.6. The van der Waals surface area contributed by atoms with Crippen molar-refractivity contribution in [3.05, 3.63) is 53.3 Å². The van der Waals surface area contributed by atoms with Crippen LogP contribution in [-0.4, -0.2) is 38.5 Å². The summed E-state index contributed by atoms with van der Waals surface area (Å²) in [6, 6.07) is 8.59. The Bertz CT molecular complexity index is 1100. The molecule has 1 amide bonds. The van der Waals surface area contributed by atoms with E-state index in [1.807, 2.05) is 13.8 Å². The van der Waals surface area contributed by atoms with Crippen LogP contribution in [0, 0.1) is 17.7 Å². The van der Waals surface area contributed by atoms with Crippen molar-refractivity contribution in [1.82, 2.24) is 9.62 Å². The minimum absolute atomic E-state index is 0.0802. The Labute approximate surface area is 181 Å². The number of amides is 1. The third kappa shape index (κ3) is 4.52. The van der Waals surface area contributed by atoms with E-state index in [9.17, 15) is 17.6 Å². The fourth-order valence-corrected chi connectivity index (χ4v) is 5.82. The normalized spacial score (nSPS) is 21.1. The Morgan fingerprint density at radius 3 is 2.55 bits per heavy atom. The second kappa shape index (κ2) is 8.47. The predicted molar refractivity (Wildman–Crippen MR) is 112 cm³/mol. The third-order valence-corrected chi connectivity index (χ3v) is 7.37. The quantitative estimate of drug-likeness (QED) is 0.760. The summed E-state index contributed by atoms with van der Waals surface area (Å²) in [6.45, 7) is 5.13. The van der Waals surface area contributed by atoms with Crippen LogP contribution in [0.4, 0.5) is 4.39 Å². The molecule has 0 radical (unpaired) electrons. The van der Waals surface area contributed by atoms with E-state index in [4.69, 9.17) is 9.47 Å². The minimum atomic E-state index is -3.82. The summed E-state index contributed by atoms with van der Waals surface area (Å²) in [4.78, 5) is 12.5. The van der Waals surface area contributed by atoms with Crippen LogP contribution in [0.1, 0.15) is 36.2 Å². The van der Waals surface area contributed by atoms with Crippen molar-refractivity contribution < 1.29 is 27.1 Å². The zero-order chi connectivity index (χ0) is 22.2. The van der Waals surface area contributed by atoms with Crippen molar-refractivity contribution in [3.8, 4) is 11.5 Å². The molecule has 166 valence electrons. The average Bonchev–Trinajstić information content (AvgIpc) is 3.19. The molecule has 2 heterocycles. The van der Waals surface area contributed by atoms with E-state index in [1.165, 1.54) is 10.4 Å². The average molecular weight is 449 g/mol. The number of hydrogen-bond donors (Lipinski definition) is 1. The number of sulfonamides is 1. The van der Waals surface area contributed by atoms with E-state index < -0.39 is 21.7 Å². The number of nitrogens with zero attached hydrogens (tertiary/aromatic N) is 1. The van der Waals surface area contributed by atoms with Crippen LogP contribution in [0.5, 0.6) is 11.5 Å². The first-order valence-electron chi connectivity index (χ1n) is 10.2. The summed E-state index contributed by atoms with van der Waals surface area (Å²) in [6.07, 6.45) is 0.961. The molecule has 1 saturated heterocycles. The van der Waals surface area contributed by atoms with E-state index in [0.29, 0.717) is 24.6 Å². The van der Waals surface area contributed by atoms with Crippen LogP contribution < -0.4 is 14.8 Å². The molecular weight excluding hydrogens is 423 g/mol. The number of rotatable bonds is 5. The monoisotopic (exact) mass is 448 g/mol. The minimum Gasteiger partial charge on any atom is -0.454 e. The van der Waals surface area contributed by atoms with Crippen LogP contribution in [0.3, 0.4) is 0 Å². The summed E-state index contributed by atoms with van der Waals surface area (Å²) in [5.74, 6) is 0.221. The van der Waals surface area contributed by atoms with E-state index in [0.717, 1.165) is 24.1 Å². The first-order chi connectivity index (χ1) is 14.7. The highest BCUT2D eigenvalue weighted by atomic mass is 32.2. The highest BCUT2D eigenvalue weighted by Crippen LogP contribution is 2.32. The highest BCUT2D eigenvalue weighted by Gasteiger charge is 2.32.